The van der Waals surface area contributed by atoms with Gasteiger partial charge in [0.15, 0.2) is 5.78 Å². The minimum atomic E-state index is -0.886. The molecule has 0 amide bonds. The Balaban J connectivity index is 3.46. The zero-order chi connectivity index (χ0) is 11.7. The van der Waals surface area contributed by atoms with E-state index in [0.29, 0.717) is 0 Å². The molecule has 0 fully saturated rings. The fourth-order valence-electron chi connectivity index (χ4n) is 1.19. The second-order valence-electron chi connectivity index (χ2n) is 3.37. The number of aromatic hydroxyl groups is 1. The Morgan fingerprint density at radius 1 is 1.67 bits per heavy atom. The van der Waals surface area contributed by atoms with Crippen LogP contribution in [0.2, 0.25) is 5.02 Å². The highest BCUT2D eigenvalue weighted by molar-refractivity contribution is 6.32. The lowest BCUT2D eigenvalue weighted by molar-refractivity contribution is 0.0961. The van der Waals surface area contributed by atoms with Crippen molar-refractivity contribution in [1.82, 2.24) is 0 Å². The summed E-state index contributed by atoms with van der Waals surface area (Å²) >= 11 is 5.63. The molecule has 1 aromatic carbocycles. The molecule has 5 heteroatoms. The maximum Gasteiger partial charge on any atom is 0.185 e. The highest BCUT2D eigenvalue weighted by atomic mass is 35.5. The lowest BCUT2D eigenvalue weighted by atomic mass is 10.0. The van der Waals surface area contributed by atoms with E-state index in [9.17, 15) is 14.3 Å². The van der Waals surface area contributed by atoms with Crippen LogP contribution in [0.3, 0.4) is 0 Å². The first-order valence-electron chi connectivity index (χ1n) is 4.33. The van der Waals surface area contributed by atoms with Crippen molar-refractivity contribution in [2.45, 2.75) is 19.9 Å². The first kappa shape index (κ1) is 11.9. The Morgan fingerprint density at radius 3 is 2.67 bits per heavy atom. The van der Waals surface area contributed by atoms with Crippen LogP contribution >= 0.6 is 11.6 Å². The summed E-state index contributed by atoms with van der Waals surface area (Å²) in [4.78, 5) is 11.5. The van der Waals surface area contributed by atoms with Crippen molar-refractivity contribution < 1.29 is 14.3 Å². The minimum Gasteiger partial charge on any atom is -0.506 e. The lowest BCUT2D eigenvalue weighted by Crippen LogP contribution is -2.27. The van der Waals surface area contributed by atoms with Crippen LogP contribution in [0.5, 0.6) is 5.75 Å². The number of rotatable bonds is 2. The molecule has 15 heavy (non-hydrogen) atoms. The van der Waals surface area contributed by atoms with Crippen LogP contribution in [0.4, 0.5) is 4.39 Å². The Kier molecular flexibility index (Phi) is 3.31. The normalized spacial score (nSPS) is 12.6. The van der Waals surface area contributed by atoms with Gasteiger partial charge in [0.05, 0.1) is 16.6 Å². The first-order valence-corrected chi connectivity index (χ1v) is 4.71. The van der Waals surface area contributed by atoms with Crippen LogP contribution in [0.15, 0.2) is 6.07 Å². The van der Waals surface area contributed by atoms with Crippen molar-refractivity contribution in [3.63, 3.8) is 0 Å². The fourth-order valence-corrected chi connectivity index (χ4v) is 1.45. The summed E-state index contributed by atoms with van der Waals surface area (Å²) < 4.78 is 13.6. The Morgan fingerprint density at radius 2 is 2.20 bits per heavy atom. The quantitative estimate of drug-likeness (QED) is 0.766. The third-order valence-electron chi connectivity index (χ3n) is 2.03. The van der Waals surface area contributed by atoms with Gasteiger partial charge in [-0.15, -0.1) is 0 Å². The van der Waals surface area contributed by atoms with Crippen molar-refractivity contribution >= 4 is 17.4 Å². The lowest BCUT2D eigenvalue weighted by Gasteiger charge is -2.10. The third kappa shape index (κ3) is 2.11. The molecule has 3 N–H and O–H groups in total. The molecular weight excluding hydrogens is 221 g/mol. The predicted octanol–water partition coefficient (Wildman–Crippen LogP) is 2.02. The minimum absolute atomic E-state index is 0.0575. The molecule has 1 atom stereocenters. The molecule has 0 heterocycles. The number of carbonyl (C=O) groups excluding carboxylic acids is 1. The zero-order valence-electron chi connectivity index (χ0n) is 8.34. The van der Waals surface area contributed by atoms with E-state index in [-0.39, 0.29) is 10.6 Å². The van der Waals surface area contributed by atoms with Crippen molar-refractivity contribution in [2.24, 2.45) is 5.73 Å². The SMILES string of the molecule is Cc1cc(Cl)c(O)c(C(=O)C(C)N)c1F. The van der Waals surface area contributed by atoms with Crippen molar-refractivity contribution in [2.75, 3.05) is 0 Å². The van der Waals surface area contributed by atoms with E-state index in [1.54, 1.807) is 0 Å². The summed E-state index contributed by atoms with van der Waals surface area (Å²) in [7, 11) is 0. The van der Waals surface area contributed by atoms with Gasteiger partial charge >= 0.3 is 0 Å². The van der Waals surface area contributed by atoms with Gasteiger partial charge in [-0.3, -0.25) is 4.79 Å². The second-order valence-corrected chi connectivity index (χ2v) is 3.77. The molecule has 0 aliphatic carbocycles. The van der Waals surface area contributed by atoms with E-state index in [4.69, 9.17) is 17.3 Å². The summed E-state index contributed by atoms with van der Waals surface area (Å²) in [5.41, 5.74) is 5.10. The monoisotopic (exact) mass is 231 g/mol. The molecular formula is C10H11ClFNO2. The largest absolute Gasteiger partial charge is 0.506 e. The molecule has 0 aromatic heterocycles. The van der Waals surface area contributed by atoms with Crippen LogP contribution in [-0.2, 0) is 0 Å². The molecule has 1 aromatic rings. The molecule has 0 saturated carbocycles. The molecule has 0 bridgehead atoms. The number of carbonyl (C=O) groups is 1. The summed E-state index contributed by atoms with van der Waals surface area (Å²) in [6.07, 6.45) is 0. The van der Waals surface area contributed by atoms with Gasteiger partial charge in [0, 0.05) is 0 Å². The highest BCUT2D eigenvalue weighted by Gasteiger charge is 2.23. The van der Waals surface area contributed by atoms with E-state index in [2.05, 4.69) is 0 Å². The number of hydrogen-bond donors (Lipinski definition) is 2. The van der Waals surface area contributed by atoms with Crippen LogP contribution in [0.25, 0.3) is 0 Å². The average Bonchev–Trinajstić information content (AvgIpc) is 2.15. The molecule has 3 nitrogen and oxygen atoms in total. The van der Waals surface area contributed by atoms with Gasteiger partial charge in [-0.2, -0.15) is 0 Å². The van der Waals surface area contributed by atoms with E-state index in [0.717, 1.165) is 0 Å². The summed E-state index contributed by atoms with van der Waals surface area (Å²) in [6, 6.07) is 0.368. The molecule has 0 aliphatic heterocycles. The number of benzene rings is 1. The van der Waals surface area contributed by atoms with E-state index in [1.165, 1.54) is 19.9 Å². The standard InChI is InChI=1S/C10H11ClFNO2/c1-4-3-6(11)10(15)7(8(4)12)9(14)5(2)13/h3,5,15H,13H2,1-2H3. The molecule has 0 spiro atoms. The molecule has 82 valence electrons. The average molecular weight is 232 g/mol. The molecule has 0 aliphatic rings. The maximum absolute atomic E-state index is 13.6. The van der Waals surface area contributed by atoms with Crippen LogP contribution < -0.4 is 5.73 Å². The van der Waals surface area contributed by atoms with Gasteiger partial charge in [-0.25, -0.2) is 4.39 Å². The zero-order valence-corrected chi connectivity index (χ0v) is 9.10. The van der Waals surface area contributed by atoms with Gasteiger partial charge in [-0.1, -0.05) is 11.6 Å². The number of aryl methyl sites for hydroxylation is 1. The molecule has 0 saturated heterocycles. The number of phenolic OH excluding ortho intramolecular Hbond substituents is 1. The number of hydrogen-bond acceptors (Lipinski definition) is 3. The predicted molar refractivity (Wildman–Crippen MR) is 55.8 cm³/mol. The maximum atomic E-state index is 13.6. The Bertz CT molecular complexity index is 392. The van der Waals surface area contributed by atoms with E-state index < -0.39 is 29.0 Å². The smallest absolute Gasteiger partial charge is 0.185 e. The van der Waals surface area contributed by atoms with Gasteiger partial charge < -0.3 is 10.8 Å². The number of Topliss-reactive ketones (excluding diaryl/α,β-unsaturated/α-hetero) is 1. The number of nitrogens with two attached hydrogens (primary N) is 1. The van der Waals surface area contributed by atoms with Crippen LogP contribution in [0.1, 0.15) is 22.8 Å². The number of ketones is 1. The molecule has 0 radical (unpaired) electrons. The summed E-state index contributed by atoms with van der Waals surface area (Å²) in [6.45, 7) is 2.87. The molecule has 1 unspecified atom stereocenters. The van der Waals surface area contributed by atoms with Crippen molar-refractivity contribution in [1.29, 1.82) is 0 Å². The van der Waals surface area contributed by atoms with Gasteiger partial charge in [-0.05, 0) is 25.5 Å². The second kappa shape index (κ2) is 4.16. The first-order chi connectivity index (χ1) is 6.86. The summed E-state index contributed by atoms with van der Waals surface area (Å²) in [5, 5.41) is 9.42. The number of phenols is 1. The van der Waals surface area contributed by atoms with Crippen LogP contribution in [-0.4, -0.2) is 16.9 Å². The van der Waals surface area contributed by atoms with Gasteiger partial charge in [0.25, 0.3) is 0 Å². The summed E-state index contributed by atoms with van der Waals surface area (Å²) in [5.74, 6) is -2.00. The highest BCUT2D eigenvalue weighted by Crippen LogP contribution is 2.32. The Labute approximate surface area is 91.7 Å². The van der Waals surface area contributed by atoms with E-state index >= 15 is 0 Å². The fraction of sp³-hybridized carbons (Fsp3) is 0.300. The van der Waals surface area contributed by atoms with Crippen molar-refractivity contribution in [3.05, 3.63) is 28.0 Å². The Hall–Kier alpha value is -1.13. The van der Waals surface area contributed by atoms with E-state index in [1.807, 2.05) is 0 Å². The van der Waals surface area contributed by atoms with Gasteiger partial charge in [0.2, 0.25) is 0 Å². The molecule has 1 rings (SSSR count). The topological polar surface area (TPSA) is 63.3 Å². The van der Waals surface area contributed by atoms with Crippen molar-refractivity contribution in [3.8, 4) is 5.75 Å². The van der Waals surface area contributed by atoms with Gasteiger partial charge in [0.1, 0.15) is 11.6 Å². The van der Waals surface area contributed by atoms with Crippen LogP contribution in [0, 0.1) is 12.7 Å². The third-order valence-corrected chi connectivity index (χ3v) is 2.32. The number of halogens is 2.